The highest BCUT2D eigenvalue weighted by Crippen LogP contribution is 2.33. The number of hydrogen-bond donors (Lipinski definition) is 0. The lowest BCUT2D eigenvalue weighted by Gasteiger charge is -2.14. The third kappa shape index (κ3) is 4.46. The van der Waals surface area contributed by atoms with Crippen molar-refractivity contribution in [2.45, 2.75) is 31.9 Å². The number of alkyl halides is 3. The molecule has 0 saturated carbocycles. The fraction of sp³-hybridized carbons (Fsp3) is 0.200. The predicted molar refractivity (Wildman–Crippen MR) is 109 cm³/mol. The number of hydrogen-bond acceptors (Lipinski definition) is 0. The molecule has 0 saturated heterocycles. The van der Waals surface area contributed by atoms with E-state index in [2.05, 4.69) is 6.08 Å². The Balaban J connectivity index is 1.74. The van der Waals surface area contributed by atoms with E-state index in [1.54, 1.807) is 6.07 Å². The molecule has 0 heterocycles. The molecule has 31 heavy (non-hydrogen) atoms. The lowest BCUT2D eigenvalue weighted by atomic mass is 9.92. The van der Waals surface area contributed by atoms with Crippen molar-refractivity contribution in [2.75, 3.05) is 0 Å². The Bertz CT molecular complexity index is 1250. The van der Waals surface area contributed by atoms with Crippen LogP contribution in [-0.2, 0) is 0 Å². The van der Waals surface area contributed by atoms with E-state index in [4.69, 9.17) is 0 Å². The van der Waals surface area contributed by atoms with Gasteiger partial charge in [0.05, 0.1) is 5.56 Å². The smallest absolute Gasteiger partial charge is 0.206 e. The molecule has 0 radical (unpaired) electrons. The molecule has 0 N–H and O–H groups in total. The molecule has 0 aromatic heterocycles. The van der Waals surface area contributed by atoms with Crippen molar-refractivity contribution >= 4 is 16.3 Å². The Hall–Kier alpha value is -3.20. The van der Waals surface area contributed by atoms with Gasteiger partial charge in [-0.05, 0) is 66.0 Å². The first-order valence-electron chi connectivity index (χ1n) is 9.74. The highest BCUT2D eigenvalue weighted by atomic mass is 19.4. The van der Waals surface area contributed by atoms with Crippen molar-refractivity contribution in [3.8, 4) is 23.0 Å². The summed E-state index contributed by atoms with van der Waals surface area (Å²) >= 11 is 0. The van der Waals surface area contributed by atoms with Crippen LogP contribution in [0, 0.1) is 29.3 Å². The molecule has 3 aromatic rings. The Kier molecular flexibility index (Phi) is 5.53. The summed E-state index contributed by atoms with van der Waals surface area (Å²) in [4.78, 5) is 0. The Labute approximate surface area is 175 Å². The molecule has 3 aromatic carbocycles. The van der Waals surface area contributed by atoms with E-state index in [9.17, 15) is 26.3 Å². The third-order valence-corrected chi connectivity index (χ3v) is 5.30. The van der Waals surface area contributed by atoms with E-state index >= 15 is 0 Å². The van der Waals surface area contributed by atoms with Crippen LogP contribution in [0.3, 0.4) is 0 Å². The molecule has 0 fully saturated rings. The maximum absolute atomic E-state index is 14.8. The predicted octanol–water partition coefficient (Wildman–Crippen LogP) is 7.80. The van der Waals surface area contributed by atoms with Gasteiger partial charge in [0.25, 0.3) is 0 Å². The number of rotatable bonds is 2. The summed E-state index contributed by atoms with van der Waals surface area (Å²) in [5.74, 6) is -0.459. The second-order valence-corrected chi connectivity index (χ2v) is 7.40. The van der Waals surface area contributed by atoms with Crippen LogP contribution in [0.15, 0.2) is 48.5 Å². The SMILES string of the molecule is Fc1cc(C2=CCCCC2)ccc1-c1ccc2c(F)c(C#CC(F)(F)F)c(F)cc2c1. The molecule has 0 aliphatic heterocycles. The van der Waals surface area contributed by atoms with Gasteiger partial charge < -0.3 is 0 Å². The highest BCUT2D eigenvalue weighted by Gasteiger charge is 2.24. The van der Waals surface area contributed by atoms with Crippen LogP contribution in [0.5, 0.6) is 0 Å². The van der Waals surface area contributed by atoms with Crippen LogP contribution in [0.25, 0.3) is 27.5 Å². The quantitative estimate of drug-likeness (QED) is 0.287. The molecule has 0 bridgehead atoms. The number of allylic oxidation sites excluding steroid dienone is 2. The maximum atomic E-state index is 14.8. The molecule has 0 amide bonds. The first kappa shape index (κ1) is 21.0. The van der Waals surface area contributed by atoms with Gasteiger partial charge in [-0.1, -0.05) is 36.3 Å². The van der Waals surface area contributed by atoms with Gasteiger partial charge in [0.1, 0.15) is 17.5 Å². The fourth-order valence-electron chi connectivity index (χ4n) is 3.80. The lowest BCUT2D eigenvalue weighted by molar-refractivity contribution is -0.0696. The van der Waals surface area contributed by atoms with Gasteiger partial charge in [-0.15, -0.1) is 0 Å². The van der Waals surface area contributed by atoms with Crippen molar-refractivity contribution in [3.63, 3.8) is 0 Å². The highest BCUT2D eigenvalue weighted by molar-refractivity contribution is 5.89. The second-order valence-electron chi connectivity index (χ2n) is 7.40. The fourth-order valence-corrected chi connectivity index (χ4v) is 3.80. The molecule has 4 rings (SSSR count). The van der Waals surface area contributed by atoms with E-state index in [0.29, 0.717) is 5.56 Å². The second kappa shape index (κ2) is 8.14. The van der Waals surface area contributed by atoms with Crippen LogP contribution >= 0.6 is 0 Å². The van der Waals surface area contributed by atoms with E-state index < -0.39 is 29.2 Å². The molecule has 1 aliphatic rings. The molecule has 6 heteroatoms. The van der Waals surface area contributed by atoms with Crippen LogP contribution in [0.2, 0.25) is 0 Å². The molecular weight excluding hydrogens is 414 g/mol. The summed E-state index contributed by atoms with van der Waals surface area (Å²) < 4.78 is 80.5. The standard InChI is InChI=1S/C25H16F6/c26-22-13-16(15-4-2-1-3-5-15)6-8-19(22)17-7-9-20-18(12-17)14-23(27)21(24(20)28)10-11-25(29,30)31/h4,6-9,12-14H,1-3,5H2. The summed E-state index contributed by atoms with van der Waals surface area (Å²) in [5, 5.41) is 0.00420. The molecular formula is C25H16F6. The average molecular weight is 430 g/mol. The van der Waals surface area contributed by atoms with Gasteiger partial charge >= 0.3 is 6.18 Å². The summed E-state index contributed by atoms with van der Waals surface area (Å²) in [5.41, 5.74) is 1.64. The molecule has 0 unspecified atom stereocenters. The largest absolute Gasteiger partial charge is 0.458 e. The van der Waals surface area contributed by atoms with Crippen molar-refractivity contribution in [1.82, 2.24) is 0 Å². The van der Waals surface area contributed by atoms with E-state index in [1.165, 1.54) is 30.2 Å². The monoisotopic (exact) mass is 430 g/mol. The Morgan fingerprint density at radius 3 is 2.26 bits per heavy atom. The molecule has 0 atom stereocenters. The zero-order chi connectivity index (χ0) is 22.2. The zero-order valence-electron chi connectivity index (χ0n) is 16.2. The van der Waals surface area contributed by atoms with Gasteiger partial charge in [-0.2, -0.15) is 13.2 Å². The van der Waals surface area contributed by atoms with Crippen LogP contribution in [-0.4, -0.2) is 6.18 Å². The summed E-state index contributed by atoms with van der Waals surface area (Å²) in [6.45, 7) is 0. The van der Waals surface area contributed by atoms with Crippen LogP contribution in [0.4, 0.5) is 26.3 Å². The van der Waals surface area contributed by atoms with Crippen molar-refractivity contribution in [2.24, 2.45) is 0 Å². The third-order valence-electron chi connectivity index (χ3n) is 5.30. The first-order valence-corrected chi connectivity index (χ1v) is 9.74. The van der Waals surface area contributed by atoms with Gasteiger partial charge in [0.2, 0.25) is 0 Å². The zero-order valence-corrected chi connectivity index (χ0v) is 16.2. The van der Waals surface area contributed by atoms with Crippen LogP contribution in [0.1, 0.15) is 36.8 Å². The summed E-state index contributed by atoms with van der Waals surface area (Å²) in [6.07, 6.45) is 1.29. The molecule has 1 aliphatic carbocycles. The van der Waals surface area contributed by atoms with Crippen molar-refractivity contribution in [1.29, 1.82) is 0 Å². The Morgan fingerprint density at radius 1 is 0.806 bits per heavy atom. The van der Waals surface area contributed by atoms with Gasteiger partial charge in [0.15, 0.2) is 0 Å². The number of fused-ring (bicyclic) bond motifs is 1. The maximum Gasteiger partial charge on any atom is 0.458 e. The normalized spacial score (nSPS) is 14.2. The minimum Gasteiger partial charge on any atom is -0.206 e. The van der Waals surface area contributed by atoms with Gasteiger partial charge in [0, 0.05) is 16.9 Å². The first-order chi connectivity index (χ1) is 14.7. The minimum atomic E-state index is -4.87. The number of halogens is 6. The average Bonchev–Trinajstić information content (AvgIpc) is 2.73. The van der Waals surface area contributed by atoms with Gasteiger partial charge in [-0.25, -0.2) is 13.2 Å². The summed E-state index contributed by atoms with van der Waals surface area (Å²) in [6, 6.07) is 9.93. The summed E-state index contributed by atoms with van der Waals surface area (Å²) in [7, 11) is 0. The minimum absolute atomic E-state index is 0.0963. The number of benzene rings is 3. The lowest BCUT2D eigenvalue weighted by Crippen LogP contribution is -2.02. The van der Waals surface area contributed by atoms with E-state index in [-0.39, 0.29) is 16.3 Å². The Morgan fingerprint density at radius 2 is 1.58 bits per heavy atom. The van der Waals surface area contributed by atoms with E-state index in [1.807, 2.05) is 6.07 Å². The van der Waals surface area contributed by atoms with Crippen molar-refractivity contribution < 1.29 is 26.3 Å². The van der Waals surface area contributed by atoms with Crippen LogP contribution < -0.4 is 0 Å². The van der Waals surface area contributed by atoms with Crippen molar-refractivity contribution in [3.05, 3.63) is 77.1 Å². The molecule has 0 nitrogen and oxygen atoms in total. The molecule has 158 valence electrons. The van der Waals surface area contributed by atoms with Gasteiger partial charge in [-0.3, -0.25) is 0 Å². The topological polar surface area (TPSA) is 0 Å². The van der Waals surface area contributed by atoms with E-state index in [0.717, 1.165) is 48.8 Å². The molecule has 0 spiro atoms.